The number of piperidine rings is 1. The molecule has 3 rings (SSSR count). The van der Waals surface area contributed by atoms with Gasteiger partial charge in [-0.15, -0.1) is 0 Å². The number of ether oxygens (including phenoxy) is 1. The van der Waals surface area contributed by atoms with Gasteiger partial charge in [0, 0.05) is 43.2 Å². The smallest absolute Gasteiger partial charge is 0.335 e. The summed E-state index contributed by atoms with van der Waals surface area (Å²) < 4.78 is 5.79. The Morgan fingerprint density at radius 2 is 1.93 bits per heavy atom. The van der Waals surface area contributed by atoms with Crippen molar-refractivity contribution in [3.63, 3.8) is 0 Å². The monoisotopic (exact) mass is 370 g/mol. The molecule has 5 heteroatoms. The van der Waals surface area contributed by atoms with E-state index >= 15 is 0 Å². The first-order chi connectivity index (χ1) is 12.8. The number of nitrogens with one attached hydrogen (secondary N) is 1. The summed E-state index contributed by atoms with van der Waals surface area (Å²) in [6, 6.07) is 6.46. The maximum absolute atomic E-state index is 13.3. The minimum Gasteiger partial charge on any atom is -0.450 e. The second-order valence-corrected chi connectivity index (χ2v) is 7.93. The van der Waals surface area contributed by atoms with Crippen LogP contribution in [-0.2, 0) is 20.7 Å². The van der Waals surface area contributed by atoms with Gasteiger partial charge in [0.05, 0.1) is 5.57 Å². The molecule has 27 heavy (non-hydrogen) atoms. The number of carbonyl (C=O) groups excluding carboxylic acids is 2. The van der Waals surface area contributed by atoms with Gasteiger partial charge in [-0.1, -0.05) is 25.1 Å². The number of amides is 1. The lowest BCUT2D eigenvalue weighted by atomic mass is 9.82. The predicted octanol–water partition coefficient (Wildman–Crippen LogP) is 3.61. The van der Waals surface area contributed by atoms with E-state index < -0.39 is 5.60 Å². The zero-order valence-electron chi connectivity index (χ0n) is 17.0. The number of rotatable bonds is 4. The molecule has 1 fully saturated rings. The Balaban J connectivity index is 1.89. The van der Waals surface area contributed by atoms with Crippen molar-refractivity contribution in [2.24, 2.45) is 0 Å². The van der Waals surface area contributed by atoms with Crippen molar-refractivity contribution < 1.29 is 14.3 Å². The highest BCUT2D eigenvalue weighted by molar-refractivity contribution is 6.13. The van der Waals surface area contributed by atoms with Crippen LogP contribution in [0.2, 0.25) is 0 Å². The molecule has 2 aliphatic rings. The van der Waals surface area contributed by atoms with Crippen molar-refractivity contribution in [1.82, 2.24) is 4.90 Å². The summed E-state index contributed by atoms with van der Waals surface area (Å²) in [6.45, 7) is 11.7. The molecule has 0 saturated carbocycles. The molecule has 0 bridgehead atoms. The summed E-state index contributed by atoms with van der Waals surface area (Å²) in [6.07, 6.45) is 2.15. The number of carbonyl (C=O) groups is 2. The first-order valence-corrected chi connectivity index (χ1v) is 9.87. The SMILES string of the molecule is CCc1cccc(C)c1NC(=O)C1=C(C)C(=O)OC12CCN(C(C)C)CC2. The molecule has 1 N–H and O–H groups in total. The van der Waals surface area contributed by atoms with E-state index in [-0.39, 0.29) is 11.9 Å². The number of nitrogens with zero attached hydrogens (tertiary/aromatic N) is 1. The number of esters is 1. The zero-order valence-corrected chi connectivity index (χ0v) is 17.0. The average Bonchev–Trinajstić information content (AvgIpc) is 2.87. The Morgan fingerprint density at radius 1 is 1.26 bits per heavy atom. The first kappa shape index (κ1) is 19.6. The van der Waals surface area contributed by atoms with Gasteiger partial charge in [0.15, 0.2) is 0 Å². The Morgan fingerprint density at radius 3 is 2.52 bits per heavy atom. The molecule has 0 atom stereocenters. The summed E-state index contributed by atoms with van der Waals surface area (Å²) in [4.78, 5) is 28.0. The van der Waals surface area contributed by atoms with Crippen LogP contribution >= 0.6 is 0 Å². The van der Waals surface area contributed by atoms with Crippen molar-refractivity contribution in [3.05, 3.63) is 40.5 Å². The van der Waals surface area contributed by atoms with Gasteiger partial charge in [-0.25, -0.2) is 4.79 Å². The number of aryl methyl sites for hydroxylation is 2. The summed E-state index contributed by atoms with van der Waals surface area (Å²) in [5, 5.41) is 3.09. The Bertz CT molecular complexity index is 787. The molecule has 0 unspecified atom stereocenters. The van der Waals surface area contributed by atoms with Crippen molar-refractivity contribution in [1.29, 1.82) is 0 Å². The van der Waals surface area contributed by atoms with Crippen LogP contribution in [0.15, 0.2) is 29.3 Å². The molecule has 2 heterocycles. The topological polar surface area (TPSA) is 58.6 Å². The van der Waals surface area contributed by atoms with E-state index in [4.69, 9.17) is 4.74 Å². The number of hydrogen-bond acceptors (Lipinski definition) is 4. The van der Waals surface area contributed by atoms with E-state index in [0.717, 1.165) is 36.3 Å². The van der Waals surface area contributed by atoms with E-state index in [2.05, 4.69) is 31.0 Å². The van der Waals surface area contributed by atoms with E-state index in [0.29, 0.717) is 30.0 Å². The summed E-state index contributed by atoms with van der Waals surface area (Å²) in [5.41, 5.74) is 3.13. The fraction of sp³-hybridized carbons (Fsp3) is 0.545. The molecule has 2 aliphatic heterocycles. The molecule has 1 aromatic carbocycles. The molecular formula is C22H30N2O3. The Labute approximate surface area is 161 Å². The second-order valence-electron chi connectivity index (χ2n) is 7.93. The molecule has 1 amide bonds. The fourth-order valence-electron chi connectivity index (χ4n) is 4.26. The van der Waals surface area contributed by atoms with E-state index in [1.165, 1.54) is 0 Å². The fourth-order valence-corrected chi connectivity index (χ4v) is 4.26. The van der Waals surface area contributed by atoms with Crippen molar-refractivity contribution >= 4 is 17.6 Å². The Hall–Kier alpha value is -2.14. The standard InChI is InChI=1S/C22H30N2O3/c1-6-17-9-7-8-15(4)19(17)23-20(25)18-16(5)21(26)27-22(18)10-12-24(13-11-22)14(2)3/h7-9,14H,6,10-13H2,1-5H3,(H,23,25). The van der Waals surface area contributed by atoms with Gasteiger partial charge in [-0.2, -0.15) is 0 Å². The third kappa shape index (κ3) is 3.53. The number of anilines is 1. The van der Waals surface area contributed by atoms with Gasteiger partial charge in [-0.3, -0.25) is 4.79 Å². The maximum Gasteiger partial charge on any atom is 0.335 e. The van der Waals surface area contributed by atoms with Crippen LogP contribution in [0.4, 0.5) is 5.69 Å². The van der Waals surface area contributed by atoms with Gasteiger partial charge in [0.2, 0.25) is 0 Å². The van der Waals surface area contributed by atoms with Gasteiger partial charge in [-0.05, 0) is 45.2 Å². The predicted molar refractivity (Wildman–Crippen MR) is 107 cm³/mol. The lowest BCUT2D eigenvalue weighted by Gasteiger charge is -2.41. The van der Waals surface area contributed by atoms with Crippen LogP contribution in [0.3, 0.4) is 0 Å². The van der Waals surface area contributed by atoms with Crippen LogP contribution in [0.5, 0.6) is 0 Å². The molecule has 146 valence electrons. The third-order valence-electron chi connectivity index (χ3n) is 5.97. The molecular weight excluding hydrogens is 340 g/mol. The van der Waals surface area contributed by atoms with Gasteiger partial charge in [0.1, 0.15) is 5.60 Å². The van der Waals surface area contributed by atoms with Crippen molar-refractivity contribution in [3.8, 4) is 0 Å². The van der Waals surface area contributed by atoms with Gasteiger partial charge < -0.3 is 15.0 Å². The molecule has 5 nitrogen and oxygen atoms in total. The second kappa shape index (κ2) is 7.47. The Kier molecular flexibility index (Phi) is 5.43. The molecule has 1 spiro atoms. The van der Waals surface area contributed by atoms with Crippen LogP contribution in [-0.4, -0.2) is 41.5 Å². The largest absolute Gasteiger partial charge is 0.450 e. The average molecular weight is 370 g/mol. The van der Waals surface area contributed by atoms with E-state index in [1.807, 2.05) is 25.1 Å². The molecule has 1 saturated heterocycles. The number of hydrogen-bond donors (Lipinski definition) is 1. The highest BCUT2D eigenvalue weighted by Crippen LogP contribution is 2.42. The van der Waals surface area contributed by atoms with Crippen LogP contribution in [0, 0.1) is 6.92 Å². The maximum atomic E-state index is 13.3. The molecule has 0 radical (unpaired) electrons. The van der Waals surface area contributed by atoms with E-state index in [1.54, 1.807) is 6.92 Å². The quantitative estimate of drug-likeness (QED) is 0.823. The van der Waals surface area contributed by atoms with Crippen molar-refractivity contribution in [2.75, 3.05) is 18.4 Å². The lowest BCUT2D eigenvalue weighted by molar-refractivity contribution is -0.151. The molecule has 1 aromatic rings. The van der Waals surface area contributed by atoms with Crippen LogP contribution in [0.1, 0.15) is 51.7 Å². The normalized spacial score (nSPS) is 19.7. The third-order valence-corrected chi connectivity index (χ3v) is 5.97. The first-order valence-electron chi connectivity index (χ1n) is 9.87. The highest BCUT2D eigenvalue weighted by Gasteiger charge is 2.51. The highest BCUT2D eigenvalue weighted by atomic mass is 16.6. The minimum atomic E-state index is -0.786. The van der Waals surface area contributed by atoms with Crippen LogP contribution in [0.25, 0.3) is 0 Å². The summed E-state index contributed by atoms with van der Waals surface area (Å²) in [5.74, 6) is -0.570. The number of benzene rings is 1. The number of likely N-dealkylation sites (tertiary alicyclic amines) is 1. The summed E-state index contributed by atoms with van der Waals surface area (Å²) >= 11 is 0. The molecule has 0 aliphatic carbocycles. The summed E-state index contributed by atoms with van der Waals surface area (Å²) in [7, 11) is 0. The zero-order chi connectivity index (χ0) is 19.8. The molecule has 0 aromatic heterocycles. The lowest BCUT2D eigenvalue weighted by Crippen LogP contribution is -2.49. The number of para-hydroxylation sites is 1. The van der Waals surface area contributed by atoms with Gasteiger partial charge >= 0.3 is 5.97 Å². The minimum absolute atomic E-state index is 0.208. The van der Waals surface area contributed by atoms with E-state index in [9.17, 15) is 9.59 Å². The van der Waals surface area contributed by atoms with Gasteiger partial charge in [0.25, 0.3) is 5.91 Å². The van der Waals surface area contributed by atoms with Crippen LogP contribution < -0.4 is 5.32 Å². The van der Waals surface area contributed by atoms with Crippen molar-refractivity contribution in [2.45, 2.75) is 65.5 Å².